The van der Waals surface area contributed by atoms with Gasteiger partial charge in [0.15, 0.2) is 5.82 Å². The fourth-order valence-corrected chi connectivity index (χ4v) is 2.53. The van der Waals surface area contributed by atoms with E-state index in [1.807, 2.05) is 31.2 Å². The minimum atomic E-state index is 0.504. The molecule has 0 saturated carbocycles. The van der Waals surface area contributed by atoms with E-state index in [9.17, 15) is 0 Å². The highest BCUT2D eigenvalue weighted by Crippen LogP contribution is 2.26. The summed E-state index contributed by atoms with van der Waals surface area (Å²) in [6, 6.07) is 7.74. The van der Waals surface area contributed by atoms with Crippen molar-refractivity contribution in [3.8, 4) is 17.1 Å². The zero-order valence-electron chi connectivity index (χ0n) is 10.8. The summed E-state index contributed by atoms with van der Waals surface area (Å²) in [7, 11) is 0. The van der Waals surface area contributed by atoms with Gasteiger partial charge in [-0.15, -0.1) is 0 Å². The van der Waals surface area contributed by atoms with Crippen molar-refractivity contribution in [2.75, 3.05) is 6.61 Å². The van der Waals surface area contributed by atoms with Gasteiger partial charge in [0.05, 0.1) is 15.9 Å². The highest BCUT2D eigenvalue weighted by atomic mass is 127. The molecule has 0 unspecified atom stereocenters. The van der Waals surface area contributed by atoms with Crippen molar-refractivity contribution in [3.05, 3.63) is 38.7 Å². The summed E-state index contributed by atoms with van der Waals surface area (Å²) in [5.74, 6) is 1.46. The van der Waals surface area contributed by atoms with Gasteiger partial charge < -0.3 is 4.74 Å². The molecule has 0 N–H and O–H groups in total. The van der Waals surface area contributed by atoms with Crippen LogP contribution in [0.5, 0.6) is 5.75 Å². The molecule has 0 bridgehead atoms. The van der Waals surface area contributed by atoms with Crippen molar-refractivity contribution in [1.82, 2.24) is 9.97 Å². The van der Waals surface area contributed by atoms with E-state index in [1.165, 1.54) is 0 Å². The van der Waals surface area contributed by atoms with Crippen LogP contribution in [0.2, 0.25) is 5.15 Å². The van der Waals surface area contributed by atoms with E-state index < -0.39 is 0 Å². The topological polar surface area (TPSA) is 35.0 Å². The Labute approximate surface area is 131 Å². The number of ether oxygens (including phenoxy) is 1. The number of hydrogen-bond acceptors (Lipinski definition) is 3. The number of halogens is 2. The summed E-state index contributed by atoms with van der Waals surface area (Å²) < 4.78 is 6.41. The fourth-order valence-electron chi connectivity index (χ4n) is 1.72. The third kappa shape index (κ3) is 3.36. The quantitative estimate of drug-likeness (QED) is 0.576. The normalized spacial score (nSPS) is 10.5. The largest absolute Gasteiger partial charge is 0.494 e. The Hall–Kier alpha value is -0.880. The second-order valence-corrected chi connectivity index (χ2v) is 5.35. The molecule has 5 heteroatoms. The molecule has 0 fully saturated rings. The van der Waals surface area contributed by atoms with Gasteiger partial charge in [-0.2, -0.15) is 0 Å². The van der Waals surface area contributed by atoms with Crippen LogP contribution >= 0.6 is 34.2 Å². The maximum atomic E-state index is 6.16. The first-order valence-electron chi connectivity index (χ1n) is 6.10. The van der Waals surface area contributed by atoms with Crippen LogP contribution in [0.1, 0.15) is 19.5 Å². The van der Waals surface area contributed by atoms with Crippen molar-refractivity contribution in [2.24, 2.45) is 0 Å². The van der Waals surface area contributed by atoms with Crippen LogP contribution in [0.15, 0.2) is 24.3 Å². The highest BCUT2D eigenvalue weighted by Gasteiger charge is 2.11. The molecular weight excluding hydrogens is 375 g/mol. The van der Waals surface area contributed by atoms with E-state index in [2.05, 4.69) is 39.5 Å². The monoisotopic (exact) mass is 388 g/mol. The summed E-state index contributed by atoms with van der Waals surface area (Å²) in [5, 5.41) is 0.504. The average molecular weight is 389 g/mol. The van der Waals surface area contributed by atoms with Crippen LogP contribution in [-0.4, -0.2) is 16.6 Å². The van der Waals surface area contributed by atoms with Crippen LogP contribution in [0.3, 0.4) is 0 Å². The number of aromatic nitrogens is 2. The van der Waals surface area contributed by atoms with Gasteiger partial charge in [0.1, 0.15) is 10.9 Å². The molecule has 2 aromatic rings. The Balaban J connectivity index is 2.46. The second kappa shape index (κ2) is 6.52. The predicted molar refractivity (Wildman–Crippen MR) is 85.7 cm³/mol. The number of rotatable bonds is 4. The molecule has 0 aliphatic carbocycles. The molecule has 1 heterocycles. The van der Waals surface area contributed by atoms with E-state index in [1.54, 1.807) is 0 Å². The molecular formula is C14H14ClIN2O. The minimum absolute atomic E-state index is 0.504. The van der Waals surface area contributed by atoms with E-state index in [0.717, 1.165) is 27.0 Å². The molecule has 2 rings (SSSR count). The molecule has 0 aliphatic heterocycles. The number of benzene rings is 1. The molecule has 0 spiro atoms. The van der Waals surface area contributed by atoms with Crippen LogP contribution in [-0.2, 0) is 6.42 Å². The Morgan fingerprint density at radius 1 is 1.26 bits per heavy atom. The van der Waals surface area contributed by atoms with Gasteiger partial charge in [-0.25, -0.2) is 9.97 Å². The van der Waals surface area contributed by atoms with Gasteiger partial charge in [-0.05, 0) is 48.1 Å². The standard InChI is InChI=1S/C14H14ClIN2O/c1-3-11-12(16)13(15)18-14(17-11)9-6-5-7-10(8-9)19-4-2/h5-8H,3-4H2,1-2H3. The lowest BCUT2D eigenvalue weighted by Gasteiger charge is -2.08. The van der Waals surface area contributed by atoms with Gasteiger partial charge in [0, 0.05) is 5.56 Å². The van der Waals surface area contributed by atoms with Crippen molar-refractivity contribution in [2.45, 2.75) is 20.3 Å². The molecule has 0 radical (unpaired) electrons. The molecule has 1 aromatic heterocycles. The summed E-state index contributed by atoms with van der Waals surface area (Å²) in [6.45, 7) is 4.65. The maximum absolute atomic E-state index is 6.16. The van der Waals surface area contributed by atoms with Crippen molar-refractivity contribution < 1.29 is 4.74 Å². The van der Waals surface area contributed by atoms with Crippen LogP contribution in [0.4, 0.5) is 0 Å². The summed E-state index contributed by atoms with van der Waals surface area (Å²) in [6.07, 6.45) is 0.832. The van der Waals surface area contributed by atoms with Gasteiger partial charge in [0.2, 0.25) is 0 Å². The SMILES string of the molecule is CCOc1cccc(-c2nc(Cl)c(I)c(CC)n2)c1. The Morgan fingerprint density at radius 3 is 2.74 bits per heavy atom. The summed E-state index contributed by atoms with van der Waals surface area (Å²) in [5.41, 5.74) is 1.89. The molecule has 0 atom stereocenters. The Morgan fingerprint density at radius 2 is 2.05 bits per heavy atom. The molecule has 3 nitrogen and oxygen atoms in total. The number of hydrogen-bond donors (Lipinski definition) is 0. The third-order valence-electron chi connectivity index (χ3n) is 2.62. The van der Waals surface area contributed by atoms with Gasteiger partial charge >= 0.3 is 0 Å². The third-order valence-corrected chi connectivity index (χ3v) is 4.34. The zero-order valence-corrected chi connectivity index (χ0v) is 13.7. The van der Waals surface area contributed by atoms with E-state index >= 15 is 0 Å². The smallest absolute Gasteiger partial charge is 0.161 e. The van der Waals surface area contributed by atoms with Crippen molar-refractivity contribution in [1.29, 1.82) is 0 Å². The number of nitrogens with zero attached hydrogens (tertiary/aromatic N) is 2. The van der Waals surface area contributed by atoms with E-state index in [-0.39, 0.29) is 0 Å². The maximum Gasteiger partial charge on any atom is 0.161 e. The predicted octanol–water partition coefficient (Wildman–Crippen LogP) is 4.36. The first-order valence-corrected chi connectivity index (χ1v) is 7.56. The molecule has 1 aromatic carbocycles. The first-order chi connectivity index (χ1) is 9.15. The minimum Gasteiger partial charge on any atom is -0.494 e. The second-order valence-electron chi connectivity index (χ2n) is 3.91. The van der Waals surface area contributed by atoms with Crippen molar-refractivity contribution >= 4 is 34.2 Å². The van der Waals surface area contributed by atoms with Gasteiger partial charge in [-0.3, -0.25) is 0 Å². The lowest BCUT2D eigenvalue weighted by molar-refractivity contribution is 0.340. The molecule has 0 amide bonds. The molecule has 0 saturated heterocycles. The zero-order chi connectivity index (χ0) is 13.8. The van der Waals surface area contributed by atoms with E-state index in [0.29, 0.717) is 17.6 Å². The van der Waals surface area contributed by atoms with Gasteiger partial charge in [-0.1, -0.05) is 30.7 Å². The number of aryl methyl sites for hydroxylation is 1. The lowest BCUT2D eigenvalue weighted by atomic mass is 10.2. The Kier molecular flexibility index (Phi) is 4.99. The first kappa shape index (κ1) is 14.5. The van der Waals surface area contributed by atoms with Crippen molar-refractivity contribution in [3.63, 3.8) is 0 Å². The Bertz CT molecular complexity index is 590. The molecule has 100 valence electrons. The lowest BCUT2D eigenvalue weighted by Crippen LogP contribution is -2.00. The summed E-state index contributed by atoms with van der Waals surface area (Å²) >= 11 is 8.34. The highest BCUT2D eigenvalue weighted by molar-refractivity contribution is 14.1. The van der Waals surface area contributed by atoms with Crippen LogP contribution in [0.25, 0.3) is 11.4 Å². The van der Waals surface area contributed by atoms with Crippen LogP contribution < -0.4 is 4.74 Å². The van der Waals surface area contributed by atoms with Gasteiger partial charge in [0.25, 0.3) is 0 Å². The average Bonchev–Trinajstić information content (AvgIpc) is 2.42. The fraction of sp³-hybridized carbons (Fsp3) is 0.286. The summed E-state index contributed by atoms with van der Waals surface area (Å²) in [4.78, 5) is 8.91. The van der Waals surface area contributed by atoms with Crippen LogP contribution in [0, 0.1) is 3.57 Å². The molecule has 19 heavy (non-hydrogen) atoms. The van der Waals surface area contributed by atoms with E-state index in [4.69, 9.17) is 16.3 Å². The molecule has 0 aliphatic rings.